The molecule has 3 aromatic heterocycles. The zero-order chi connectivity index (χ0) is 22.5. The number of hydrogen-bond donors (Lipinski definition) is 1. The smallest absolute Gasteiger partial charge is 0.305 e. The lowest BCUT2D eigenvalue weighted by molar-refractivity contribution is -0.133. The minimum absolute atomic E-state index is 0.00429. The van der Waals surface area contributed by atoms with Crippen LogP contribution >= 0.6 is 22.7 Å². The molecular formula is C18H21N5O5S3. The summed E-state index contributed by atoms with van der Waals surface area (Å²) in [7, 11) is -3.79. The maximum Gasteiger partial charge on any atom is 0.305 e. The van der Waals surface area contributed by atoms with Gasteiger partial charge in [-0.1, -0.05) is 11.3 Å². The van der Waals surface area contributed by atoms with Gasteiger partial charge in [-0.2, -0.15) is 4.31 Å². The lowest BCUT2D eigenvalue weighted by atomic mass is 10.2. The largest absolute Gasteiger partial charge is 0.338 e. The number of H-pyrrole nitrogens is 1. The zero-order valence-corrected chi connectivity index (χ0v) is 19.6. The van der Waals surface area contributed by atoms with E-state index in [9.17, 15) is 22.8 Å². The van der Waals surface area contributed by atoms with E-state index < -0.39 is 14.9 Å². The summed E-state index contributed by atoms with van der Waals surface area (Å²) in [6.45, 7) is 5.84. The van der Waals surface area contributed by atoms with Gasteiger partial charge in [0.2, 0.25) is 5.91 Å². The number of hydrogen-bond acceptors (Lipinski definition) is 8. The van der Waals surface area contributed by atoms with E-state index in [1.807, 2.05) is 13.8 Å². The Morgan fingerprint density at radius 2 is 1.81 bits per heavy atom. The van der Waals surface area contributed by atoms with Gasteiger partial charge < -0.3 is 9.88 Å². The Bertz CT molecular complexity index is 1390. The number of nitrogens with zero attached hydrogens (tertiary/aromatic N) is 4. The Kier molecular flexibility index (Phi) is 5.62. The van der Waals surface area contributed by atoms with Crippen LogP contribution in [0.15, 0.2) is 20.1 Å². The van der Waals surface area contributed by atoms with E-state index in [0.717, 1.165) is 10.4 Å². The molecule has 166 valence electrons. The molecule has 1 amide bonds. The first-order valence-electron chi connectivity index (χ1n) is 9.52. The van der Waals surface area contributed by atoms with Gasteiger partial charge in [0, 0.05) is 36.8 Å². The Hall–Kier alpha value is -2.35. The van der Waals surface area contributed by atoms with Crippen LogP contribution in [0, 0.1) is 20.8 Å². The number of carbonyl (C=O) groups is 1. The number of amides is 1. The van der Waals surface area contributed by atoms with E-state index in [4.69, 9.17) is 0 Å². The van der Waals surface area contributed by atoms with E-state index in [0.29, 0.717) is 27.2 Å². The monoisotopic (exact) mass is 483 g/mol. The fourth-order valence-electron chi connectivity index (χ4n) is 3.56. The van der Waals surface area contributed by atoms with Crippen molar-refractivity contribution >= 4 is 48.8 Å². The summed E-state index contributed by atoms with van der Waals surface area (Å²) in [6.07, 6.45) is 1.38. The van der Waals surface area contributed by atoms with Gasteiger partial charge >= 0.3 is 4.87 Å². The Morgan fingerprint density at radius 3 is 2.42 bits per heavy atom. The van der Waals surface area contributed by atoms with Gasteiger partial charge in [-0.15, -0.1) is 11.3 Å². The summed E-state index contributed by atoms with van der Waals surface area (Å²) >= 11 is 2.11. The number of fused-ring (bicyclic) bond motifs is 1. The van der Waals surface area contributed by atoms with Gasteiger partial charge in [0.25, 0.3) is 15.6 Å². The number of carbonyl (C=O) groups excluding carboxylic acids is 1. The van der Waals surface area contributed by atoms with Crippen molar-refractivity contribution in [1.29, 1.82) is 0 Å². The summed E-state index contributed by atoms with van der Waals surface area (Å²) in [5.41, 5.74) is 0.939. The highest BCUT2D eigenvalue weighted by Gasteiger charge is 2.32. The number of rotatable bonds is 4. The maximum absolute atomic E-state index is 12.8. The van der Waals surface area contributed by atoms with Gasteiger partial charge in [-0.3, -0.25) is 19.0 Å². The predicted molar refractivity (Wildman–Crippen MR) is 118 cm³/mol. The summed E-state index contributed by atoms with van der Waals surface area (Å²) in [5.74, 6) is -0.271. The van der Waals surface area contributed by atoms with Gasteiger partial charge in [0.05, 0.1) is 11.7 Å². The lowest BCUT2D eigenvalue weighted by Crippen LogP contribution is -2.51. The normalized spacial score (nSPS) is 15.6. The fourth-order valence-corrected chi connectivity index (χ4v) is 7.41. The molecular weight excluding hydrogens is 462 g/mol. The second kappa shape index (κ2) is 7.97. The van der Waals surface area contributed by atoms with Gasteiger partial charge in [-0.25, -0.2) is 13.4 Å². The standard InChI is InChI=1S/C18H21N5O5S3/c1-10-12(3)29-15-14(10)16(25)22(9-19-15)8-13(24)21-4-6-23(7-5-21)31(27,28)17-11(2)20-18(26)30-17/h9H,4-8H2,1-3H3,(H,20,26). The van der Waals surface area contributed by atoms with E-state index in [1.165, 1.54) is 26.5 Å². The van der Waals surface area contributed by atoms with Crippen molar-refractivity contribution in [3.63, 3.8) is 0 Å². The van der Waals surface area contributed by atoms with Crippen LogP contribution in [0.5, 0.6) is 0 Å². The first-order valence-corrected chi connectivity index (χ1v) is 12.6. The first-order chi connectivity index (χ1) is 14.6. The van der Waals surface area contributed by atoms with Crippen molar-refractivity contribution in [3.8, 4) is 0 Å². The minimum atomic E-state index is -3.79. The second-order valence-corrected chi connectivity index (χ2v) is 11.7. The second-order valence-electron chi connectivity index (χ2n) is 7.35. The molecule has 1 aliphatic rings. The molecule has 0 atom stereocenters. The van der Waals surface area contributed by atoms with Crippen molar-refractivity contribution in [2.75, 3.05) is 26.2 Å². The topological polar surface area (TPSA) is 125 Å². The van der Waals surface area contributed by atoms with Gasteiger partial charge in [-0.05, 0) is 26.3 Å². The van der Waals surface area contributed by atoms with Crippen LogP contribution in [-0.2, 0) is 21.4 Å². The van der Waals surface area contributed by atoms with E-state index >= 15 is 0 Å². The van der Waals surface area contributed by atoms with Crippen LogP contribution in [0.2, 0.25) is 0 Å². The van der Waals surface area contributed by atoms with Crippen molar-refractivity contribution in [1.82, 2.24) is 23.7 Å². The molecule has 0 unspecified atom stereocenters. The quantitative estimate of drug-likeness (QED) is 0.581. The third-order valence-electron chi connectivity index (χ3n) is 5.41. The fraction of sp³-hybridized carbons (Fsp3) is 0.444. The molecule has 1 fully saturated rings. The third-order valence-corrected chi connectivity index (χ3v) is 10.0. The molecule has 4 rings (SSSR count). The highest BCUT2D eigenvalue weighted by Crippen LogP contribution is 2.25. The van der Waals surface area contributed by atoms with Crippen LogP contribution in [0.25, 0.3) is 10.2 Å². The maximum atomic E-state index is 12.8. The van der Waals surface area contributed by atoms with Crippen LogP contribution in [0.4, 0.5) is 0 Å². The predicted octanol–water partition coefficient (Wildman–Crippen LogP) is 0.666. The Morgan fingerprint density at radius 1 is 1.13 bits per heavy atom. The molecule has 0 aromatic carbocycles. The molecule has 13 heteroatoms. The molecule has 0 radical (unpaired) electrons. The van der Waals surface area contributed by atoms with Crippen molar-refractivity contribution < 1.29 is 13.2 Å². The van der Waals surface area contributed by atoms with Crippen LogP contribution < -0.4 is 10.4 Å². The highest BCUT2D eigenvalue weighted by atomic mass is 32.2. The van der Waals surface area contributed by atoms with E-state index in [1.54, 1.807) is 11.8 Å². The number of aromatic amines is 1. The number of aryl methyl sites for hydroxylation is 3. The number of sulfonamides is 1. The Balaban J connectivity index is 1.47. The summed E-state index contributed by atoms with van der Waals surface area (Å²) < 4.78 is 28.2. The number of aromatic nitrogens is 3. The SMILES string of the molecule is Cc1[nH]c(=O)sc1S(=O)(=O)N1CCN(C(=O)Cn2cnc3sc(C)c(C)c3c2=O)CC1. The number of thiazole rings is 1. The molecule has 10 nitrogen and oxygen atoms in total. The molecule has 1 aliphatic heterocycles. The molecule has 0 bridgehead atoms. The summed E-state index contributed by atoms with van der Waals surface area (Å²) in [5, 5.41) is 0.537. The van der Waals surface area contributed by atoms with Crippen LogP contribution in [-0.4, -0.2) is 64.2 Å². The summed E-state index contributed by atoms with van der Waals surface area (Å²) in [4.78, 5) is 46.6. The average Bonchev–Trinajstić information content (AvgIpc) is 3.22. The molecule has 4 heterocycles. The first kappa shape index (κ1) is 21.9. The van der Waals surface area contributed by atoms with Crippen molar-refractivity contribution in [3.05, 3.63) is 42.5 Å². The van der Waals surface area contributed by atoms with E-state index in [-0.39, 0.29) is 48.4 Å². The number of nitrogens with one attached hydrogen (secondary N) is 1. The number of piperazine rings is 1. The number of thiophene rings is 1. The Labute approximate surface area is 185 Å². The van der Waals surface area contributed by atoms with E-state index in [2.05, 4.69) is 9.97 Å². The van der Waals surface area contributed by atoms with Gasteiger partial charge in [0.15, 0.2) is 4.21 Å². The summed E-state index contributed by atoms with van der Waals surface area (Å²) in [6, 6.07) is 0. The molecule has 0 spiro atoms. The highest BCUT2D eigenvalue weighted by molar-refractivity contribution is 7.91. The minimum Gasteiger partial charge on any atom is -0.338 e. The molecule has 0 saturated carbocycles. The molecule has 0 aliphatic carbocycles. The van der Waals surface area contributed by atoms with Crippen molar-refractivity contribution in [2.45, 2.75) is 31.5 Å². The zero-order valence-electron chi connectivity index (χ0n) is 17.2. The average molecular weight is 484 g/mol. The van der Waals surface area contributed by atoms with Crippen LogP contribution in [0.1, 0.15) is 16.1 Å². The van der Waals surface area contributed by atoms with Gasteiger partial charge in [0.1, 0.15) is 11.4 Å². The molecule has 1 N–H and O–H groups in total. The van der Waals surface area contributed by atoms with Crippen molar-refractivity contribution in [2.24, 2.45) is 0 Å². The third kappa shape index (κ3) is 3.86. The molecule has 31 heavy (non-hydrogen) atoms. The van der Waals surface area contributed by atoms with Crippen LogP contribution in [0.3, 0.4) is 0 Å². The molecule has 3 aromatic rings. The lowest BCUT2D eigenvalue weighted by Gasteiger charge is -2.33. The molecule has 1 saturated heterocycles.